The molecule has 54 valence electrons. The first-order valence-electron chi connectivity index (χ1n) is 2.88. The van der Waals surface area contributed by atoms with Crippen LogP contribution in [0.2, 0.25) is 0 Å². The molecule has 1 aromatic rings. The average molecular weight is 251 g/mol. The van der Waals surface area contributed by atoms with Crippen LogP contribution in [0.5, 0.6) is 0 Å². The SMILES string of the molecule is NCc1ccc(I)cc1F. The summed E-state index contributed by atoms with van der Waals surface area (Å²) in [6, 6.07) is 5.02. The van der Waals surface area contributed by atoms with Gasteiger partial charge in [-0.05, 0) is 34.7 Å². The molecule has 0 saturated heterocycles. The second-order valence-corrected chi connectivity index (χ2v) is 3.19. The Balaban J connectivity index is 3.07. The van der Waals surface area contributed by atoms with Gasteiger partial charge in [0.05, 0.1) is 0 Å². The predicted octanol–water partition coefficient (Wildman–Crippen LogP) is 1.89. The minimum Gasteiger partial charge on any atom is -0.326 e. The van der Waals surface area contributed by atoms with Gasteiger partial charge in [-0.25, -0.2) is 4.39 Å². The topological polar surface area (TPSA) is 26.0 Å². The van der Waals surface area contributed by atoms with Crippen molar-refractivity contribution in [3.8, 4) is 0 Å². The van der Waals surface area contributed by atoms with Crippen LogP contribution in [0.25, 0.3) is 0 Å². The molecule has 3 heteroatoms. The van der Waals surface area contributed by atoms with E-state index in [4.69, 9.17) is 5.73 Å². The Morgan fingerprint density at radius 1 is 1.50 bits per heavy atom. The lowest BCUT2D eigenvalue weighted by Gasteiger charge is -1.97. The van der Waals surface area contributed by atoms with Gasteiger partial charge in [0.1, 0.15) is 5.82 Å². The molecule has 0 saturated carbocycles. The molecule has 1 rings (SSSR count). The molecule has 0 fully saturated rings. The quantitative estimate of drug-likeness (QED) is 0.758. The Hall–Kier alpha value is -0.160. The van der Waals surface area contributed by atoms with Gasteiger partial charge < -0.3 is 5.73 Å². The molecule has 2 N–H and O–H groups in total. The van der Waals surface area contributed by atoms with Crippen LogP contribution in [-0.4, -0.2) is 0 Å². The maximum absolute atomic E-state index is 12.8. The maximum Gasteiger partial charge on any atom is 0.128 e. The number of rotatable bonds is 1. The molecule has 0 heterocycles. The van der Waals surface area contributed by atoms with Crippen molar-refractivity contribution in [3.05, 3.63) is 33.1 Å². The highest BCUT2D eigenvalue weighted by Crippen LogP contribution is 2.10. The zero-order valence-electron chi connectivity index (χ0n) is 5.27. The highest BCUT2D eigenvalue weighted by Gasteiger charge is 1.98. The molecule has 0 aliphatic heterocycles. The van der Waals surface area contributed by atoms with Gasteiger partial charge in [-0.3, -0.25) is 0 Å². The molecular formula is C7H7FIN. The Kier molecular flexibility index (Phi) is 2.62. The van der Waals surface area contributed by atoms with Crippen molar-refractivity contribution in [1.82, 2.24) is 0 Å². The third-order valence-corrected chi connectivity index (χ3v) is 1.91. The van der Waals surface area contributed by atoms with Gasteiger partial charge in [0.2, 0.25) is 0 Å². The van der Waals surface area contributed by atoms with Gasteiger partial charge in [0.15, 0.2) is 0 Å². The van der Waals surface area contributed by atoms with E-state index in [0.717, 1.165) is 3.57 Å². The summed E-state index contributed by atoms with van der Waals surface area (Å²) in [5.41, 5.74) is 5.83. The van der Waals surface area contributed by atoms with E-state index in [1.807, 2.05) is 6.07 Å². The summed E-state index contributed by atoms with van der Waals surface area (Å²) in [7, 11) is 0. The smallest absolute Gasteiger partial charge is 0.128 e. The van der Waals surface area contributed by atoms with Crippen molar-refractivity contribution in [2.24, 2.45) is 5.73 Å². The number of benzene rings is 1. The van der Waals surface area contributed by atoms with E-state index in [0.29, 0.717) is 5.56 Å². The van der Waals surface area contributed by atoms with Crippen molar-refractivity contribution in [1.29, 1.82) is 0 Å². The summed E-state index contributed by atoms with van der Waals surface area (Å²) in [6.45, 7) is 0.267. The zero-order chi connectivity index (χ0) is 7.56. The number of hydrogen-bond donors (Lipinski definition) is 1. The first-order chi connectivity index (χ1) is 4.74. The zero-order valence-corrected chi connectivity index (χ0v) is 7.43. The highest BCUT2D eigenvalue weighted by molar-refractivity contribution is 14.1. The van der Waals surface area contributed by atoms with Crippen molar-refractivity contribution >= 4 is 22.6 Å². The third kappa shape index (κ3) is 1.67. The molecule has 0 spiro atoms. The fourth-order valence-electron chi connectivity index (χ4n) is 0.687. The number of nitrogens with two attached hydrogens (primary N) is 1. The molecule has 0 aliphatic rings. The van der Waals surface area contributed by atoms with Crippen LogP contribution in [0.15, 0.2) is 18.2 Å². The predicted molar refractivity (Wildman–Crippen MR) is 47.0 cm³/mol. The molecule has 1 aromatic carbocycles. The fourth-order valence-corrected chi connectivity index (χ4v) is 1.14. The van der Waals surface area contributed by atoms with Gasteiger partial charge in [-0.2, -0.15) is 0 Å². The van der Waals surface area contributed by atoms with Gasteiger partial charge in [0, 0.05) is 15.7 Å². The summed E-state index contributed by atoms with van der Waals surface area (Å²) in [4.78, 5) is 0. The van der Waals surface area contributed by atoms with E-state index in [-0.39, 0.29) is 12.4 Å². The lowest BCUT2D eigenvalue weighted by atomic mass is 10.2. The fraction of sp³-hybridized carbons (Fsp3) is 0.143. The summed E-state index contributed by atoms with van der Waals surface area (Å²) in [6.07, 6.45) is 0. The van der Waals surface area contributed by atoms with Crippen LogP contribution in [0.1, 0.15) is 5.56 Å². The molecule has 0 bridgehead atoms. The summed E-state index contributed by atoms with van der Waals surface area (Å²) < 4.78 is 13.7. The van der Waals surface area contributed by atoms with E-state index < -0.39 is 0 Å². The van der Waals surface area contributed by atoms with Gasteiger partial charge in [0.25, 0.3) is 0 Å². The van der Waals surface area contributed by atoms with E-state index in [2.05, 4.69) is 22.6 Å². The summed E-state index contributed by atoms with van der Waals surface area (Å²) in [5.74, 6) is -0.214. The Morgan fingerprint density at radius 2 is 2.20 bits per heavy atom. The number of halogens is 2. The molecular weight excluding hydrogens is 244 g/mol. The standard InChI is InChI=1S/C7H7FIN/c8-7-3-6(9)2-1-5(7)4-10/h1-3H,4,10H2. The van der Waals surface area contributed by atoms with Crippen LogP contribution < -0.4 is 5.73 Å². The van der Waals surface area contributed by atoms with E-state index >= 15 is 0 Å². The second kappa shape index (κ2) is 3.30. The molecule has 0 amide bonds. The number of hydrogen-bond acceptors (Lipinski definition) is 1. The van der Waals surface area contributed by atoms with Gasteiger partial charge in [-0.15, -0.1) is 0 Å². The first kappa shape index (κ1) is 7.94. The normalized spacial score (nSPS) is 9.90. The second-order valence-electron chi connectivity index (χ2n) is 1.94. The average Bonchev–Trinajstić information content (AvgIpc) is 1.88. The van der Waals surface area contributed by atoms with Crippen LogP contribution >= 0.6 is 22.6 Å². The molecule has 0 atom stereocenters. The minimum absolute atomic E-state index is 0.214. The molecule has 0 unspecified atom stereocenters. The van der Waals surface area contributed by atoms with E-state index in [1.165, 1.54) is 6.07 Å². The van der Waals surface area contributed by atoms with Gasteiger partial charge >= 0.3 is 0 Å². The summed E-state index contributed by atoms with van der Waals surface area (Å²) >= 11 is 2.06. The van der Waals surface area contributed by atoms with Crippen molar-refractivity contribution in [2.75, 3.05) is 0 Å². The summed E-state index contributed by atoms with van der Waals surface area (Å²) in [5, 5.41) is 0. The van der Waals surface area contributed by atoms with E-state index in [9.17, 15) is 4.39 Å². The Labute approximate surface area is 72.6 Å². The largest absolute Gasteiger partial charge is 0.326 e. The van der Waals surface area contributed by atoms with Crippen LogP contribution in [0, 0.1) is 9.39 Å². The van der Waals surface area contributed by atoms with E-state index in [1.54, 1.807) is 6.07 Å². The van der Waals surface area contributed by atoms with Crippen LogP contribution in [-0.2, 0) is 6.54 Å². The molecule has 10 heavy (non-hydrogen) atoms. The van der Waals surface area contributed by atoms with Gasteiger partial charge in [-0.1, -0.05) is 6.07 Å². The van der Waals surface area contributed by atoms with Crippen molar-refractivity contribution in [2.45, 2.75) is 6.54 Å². The Morgan fingerprint density at radius 3 is 2.70 bits per heavy atom. The van der Waals surface area contributed by atoms with Crippen molar-refractivity contribution < 1.29 is 4.39 Å². The minimum atomic E-state index is -0.214. The Bertz CT molecular complexity index is 237. The van der Waals surface area contributed by atoms with Crippen LogP contribution in [0.3, 0.4) is 0 Å². The van der Waals surface area contributed by atoms with Crippen molar-refractivity contribution in [3.63, 3.8) is 0 Å². The molecule has 1 nitrogen and oxygen atoms in total. The molecule has 0 aliphatic carbocycles. The molecule has 0 radical (unpaired) electrons. The lowest BCUT2D eigenvalue weighted by molar-refractivity contribution is 0.609. The maximum atomic E-state index is 12.8. The lowest BCUT2D eigenvalue weighted by Crippen LogP contribution is -1.99. The highest BCUT2D eigenvalue weighted by atomic mass is 127. The third-order valence-electron chi connectivity index (χ3n) is 1.24. The van der Waals surface area contributed by atoms with Crippen LogP contribution in [0.4, 0.5) is 4.39 Å². The first-order valence-corrected chi connectivity index (χ1v) is 3.96. The monoisotopic (exact) mass is 251 g/mol. The molecule has 0 aromatic heterocycles.